The Bertz CT molecular complexity index is 309. The highest BCUT2D eigenvalue weighted by molar-refractivity contribution is 7.99. The minimum absolute atomic E-state index is 0.537. The lowest BCUT2D eigenvalue weighted by Gasteiger charge is -2.33. The Morgan fingerprint density at radius 2 is 2.29 bits per heavy atom. The van der Waals surface area contributed by atoms with Crippen LogP contribution in [0.15, 0.2) is 12.7 Å². The third-order valence-electron chi connectivity index (χ3n) is 2.11. The average Bonchev–Trinajstić information content (AvgIpc) is 2.29. The van der Waals surface area contributed by atoms with Gasteiger partial charge in [0, 0.05) is 18.8 Å². The number of esters is 2. The first-order chi connectivity index (χ1) is 7.97. The van der Waals surface area contributed by atoms with Gasteiger partial charge >= 0.3 is 11.9 Å². The van der Waals surface area contributed by atoms with E-state index in [1.807, 2.05) is 0 Å². The van der Waals surface area contributed by atoms with Crippen LogP contribution in [0.4, 0.5) is 0 Å². The summed E-state index contributed by atoms with van der Waals surface area (Å²) in [5, 5.41) is 0. The summed E-state index contributed by atoms with van der Waals surface area (Å²) in [5.74, 6) is -0.757. The quantitative estimate of drug-likeness (QED) is 0.558. The fraction of sp³-hybridized carbons (Fsp3) is 0.636. The van der Waals surface area contributed by atoms with Crippen LogP contribution in [0.3, 0.4) is 0 Å². The van der Waals surface area contributed by atoms with Crippen LogP contribution in [-0.2, 0) is 23.8 Å². The second-order valence-electron chi connectivity index (χ2n) is 3.74. The molecule has 0 amide bonds. The maximum atomic E-state index is 11.6. The van der Waals surface area contributed by atoms with Gasteiger partial charge in [0.25, 0.3) is 0 Å². The van der Waals surface area contributed by atoms with E-state index in [2.05, 4.69) is 6.58 Å². The van der Waals surface area contributed by atoms with Gasteiger partial charge in [-0.2, -0.15) is 11.8 Å². The molecular formula is C11H16O5S. The summed E-state index contributed by atoms with van der Waals surface area (Å²) < 4.78 is 15.3. The van der Waals surface area contributed by atoms with Crippen LogP contribution in [0, 0.1) is 0 Å². The molecule has 0 radical (unpaired) electrons. The van der Waals surface area contributed by atoms with E-state index < -0.39 is 23.8 Å². The molecule has 5 nitrogen and oxygen atoms in total. The predicted octanol–water partition coefficient (Wildman–Crippen LogP) is 1.13. The summed E-state index contributed by atoms with van der Waals surface area (Å²) in [6.07, 6.45) is 0.0335. The summed E-state index contributed by atoms with van der Waals surface area (Å²) >= 11 is 1.65. The third kappa shape index (κ3) is 4.40. The van der Waals surface area contributed by atoms with Gasteiger partial charge in [0.05, 0.1) is 12.4 Å². The van der Waals surface area contributed by atoms with Crippen molar-refractivity contribution < 1.29 is 23.8 Å². The highest BCUT2D eigenvalue weighted by atomic mass is 32.2. The number of hydrogen-bond donors (Lipinski definition) is 0. The summed E-state index contributed by atoms with van der Waals surface area (Å²) in [5.41, 5.74) is 0. The van der Waals surface area contributed by atoms with Crippen LogP contribution >= 0.6 is 11.8 Å². The normalized spacial score (nSPS) is 25.8. The van der Waals surface area contributed by atoms with Gasteiger partial charge in [-0.3, -0.25) is 0 Å². The molecule has 6 heteroatoms. The molecule has 0 saturated carbocycles. The van der Waals surface area contributed by atoms with Crippen molar-refractivity contribution in [3.8, 4) is 0 Å². The molecule has 1 saturated heterocycles. The summed E-state index contributed by atoms with van der Waals surface area (Å²) in [6.45, 7) is 6.93. The minimum Gasteiger partial charge on any atom is -0.447 e. The van der Waals surface area contributed by atoms with Gasteiger partial charge in [-0.25, -0.2) is 9.59 Å². The highest BCUT2D eigenvalue weighted by Gasteiger charge is 2.34. The van der Waals surface area contributed by atoms with Gasteiger partial charge in [0.15, 0.2) is 6.10 Å². The van der Waals surface area contributed by atoms with Gasteiger partial charge in [0.1, 0.15) is 0 Å². The smallest absolute Gasteiger partial charge is 0.349 e. The number of ether oxygens (including phenoxy) is 3. The van der Waals surface area contributed by atoms with Gasteiger partial charge in [0.2, 0.25) is 5.79 Å². The van der Waals surface area contributed by atoms with Crippen molar-refractivity contribution in [2.24, 2.45) is 0 Å². The number of carbonyl (C=O) groups excluding carboxylic acids is 2. The second kappa shape index (κ2) is 6.07. The van der Waals surface area contributed by atoms with E-state index in [4.69, 9.17) is 14.2 Å². The van der Waals surface area contributed by atoms with E-state index >= 15 is 0 Å². The molecule has 0 bridgehead atoms. The van der Waals surface area contributed by atoms with Crippen molar-refractivity contribution in [1.29, 1.82) is 0 Å². The van der Waals surface area contributed by atoms with Crippen molar-refractivity contribution in [3.05, 3.63) is 12.7 Å². The van der Waals surface area contributed by atoms with E-state index in [0.717, 1.165) is 11.8 Å². The summed E-state index contributed by atoms with van der Waals surface area (Å²) in [7, 11) is 0. The monoisotopic (exact) mass is 260 g/mol. The fourth-order valence-electron chi connectivity index (χ4n) is 1.24. The number of rotatable bonds is 4. The lowest BCUT2D eigenvalue weighted by Crippen LogP contribution is -2.43. The first-order valence-electron chi connectivity index (χ1n) is 5.24. The maximum absolute atomic E-state index is 11.6. The number of thioether (sulfide) groups is 1. The molecule has 1 rings (SSSR count). The van der Waals surface area contributed by atoms with Crippen LogP contribution < -0.4 is 0 Å². The SMILES string of the molecule is C=CC(=O)OC(C)C(=O)OC1(C)CSCCO1. The predicted molar refractivity (Wildman–Crippen MR) is 63.5 cm³/mol. The highest BCUT2D eigenvalue weighted by Crippen LogP contribution is 2.25. The lowest BCUT2D eigenvalue weighted by molar-refractivity contribution is -0.221. The van der Waals surface area contributed by atoms with Crippen molar-refractivity contribution in [1.82, 2.24) is 0 Å². The first-order valence-corrected chi connectivity index (χ1v) is 6.40. The zero-order valence-corrected chi connectivity index (χ0v) is 10.7. The maximum Gasteiger partial charge on any atom is 0.349 e. The Balaban J connectivity index is 2.47. The van der Waals surface area contributed by atoms with Gasteiger partial charge in [-0.05, 0) is 6.92 Å². The minimum atomic E-state index is -0.965. The molecular weight excluding hydrogens is 244 g/mol. The van der Waals surface area contributed by atoms with Crippen molar-refractivity contribution in [2.75, 3.05) is 18.1 Å². The Morgan fingerprint density at radius 3 is 2.82 bits per heavy atom. The zero-order valence-electron chi connectivity index (χ0n) is 9.93. The molecule has 17 heavy (non-hydrogen) atoms. The Kier molecular flexibility index (Phi) is 5.02. The molecule has 0 N–H and O–H groups in total. The van der Waals surface area contributed by atoms with Crippen LogP contribution in [0.5, 0.6) is 0 Å². The van der Waals surface area contributed by atoms with Crippen molar-refractivity contribution in [3.63, 3.8) is 0 Å². The number of carbonyl (C=O) groups is 2. The molecule has 0 aromatic heterocycles. The van der Waals surface area contributed by atoms with Gasteiger partial charge < -0.3 is 14.2 Å². The Hall–Kier alpha value is -1.01. The van der Waals surface area contributed by atoms with Gasteiger partial charge in [-0.1, -0.05) is 6.58 Å². The largest absolute Gasteiger partial charge is 0.447 e. The molecule has 1 aliphatic rings. The summed E-state index contributed by atoms with van der Waals surface area (Å²) in [4.78, 5) is 22.6. The third-order valence-corrected chi connectivity index (χ3v) is 3.29. The molecule has 1 heterocycles. The average molecular weight is 260 g/mol. The van der Waals surface area contributed by atoms with E-state index in [1.54, 1.807) is 18.7 Å². The van der Waals surface area contributed by atoms with E-state index in [1.165, 1.54) is 6.92 Å². The molecule has 2 atom stereocenters. The lowest BCUT2D eigenvalue weighted by atomic mass is 10.3. The first kappa shape index (κ1) is 14.1. The number of hydrogen-bond acceptors (Lipinski definition) is 6. The van der Waals surface area contributed by atoms with Gasteiger partial charge in [-0.15, -0.1) is 0 Å². The molecule has 96 valence electrons. The zero-order chi connectivity index (χ0) is 12.9. The van der Waals surface area contributed by atoms with Crippen LogP contribution in [0.2, 0.25) is 0 Å². The topological polar surface area (TPSA) is 61.8 Å². The van der Waals surface area contributed by atoms with Crippen molar-refractivity contribution >= 4 is 23.7 Å². The fourth-order valence-corrected chi connectivity index (χ4v) is 2.10. The van der Waals surface area contributed by atoms with Crippen molar-refractivity contribution in [2.45, 2.75) is 25.7 Å². The van der Waals surface area contributed by atoms with E-state index in [9.17, 15) is 9.59 Å². The van der Waals surface area contributed by atoms with Crippen LogP contribution in [-0.4, -0.2) is 41.9 Å². The molecule has 0 aromatic rings. The van der Waals surface area contributed by atoms with Crippen LogP contribution in [0.25, 0.3) is 0 Å². The van der Waals surface area contributed by atoms with Crippen LogP contribution in [0.1, 0.15) is 13.8 Å². The molecule has 1 aliphatic heterocycles. The summed E-state index contributed by atoms with van der Waals surface area (Å²) in [6, 6.07) is 0. The Labute approximate surface area is 104 Å². The Morgan fingerprint density at radius 1 is 1.59 bits per heavy atom. The standard InChI is InChI=1S/C11H16O5S/c1-4-9(12)15-8(2)10(13)16-11(3)7-17-6-5-14-11/h4,8H,1,5-7H2,2-3H3. The van der Waals surface area contributed by atoms with E-state index in [0.29, 0.717) is 12.4 Å². The second-order valence-corrected chi connectivity index (χ2v) is 4.84. The molecule has 1 fully saturated rings. The molecule has 2 unspecified atom stereocenters. The van der Waals surface area contributed by atoms with E-state index in [-0.39, 0.29) is 0 Å². The molecule has 0 aromatic carbocycles. The molecule has 0 spiro atoms. The molecule has 0 aliphatic carbocycles.